The zero-order chi connectivity index (χ0) is 13.4. The maximum Gasteiger partial charge on any atom is 0.0339 e. The monoisotopic (exact) mass is 252 g/mol. The molecule has 0 aromatic rings. The molecule has 2 aliphatic rings. The van der Waals surface area contributed by atoms with E-state index in [0.717, 1.165) is 18.5 Å². The molecule has 2 fully saturated rings. The van der Waals surface area contributed by atoms with Gasteiger partial charge in [0.15, 0.2) is 0 Å². The number of nitrogens with two attached hydrogens (primary N) is 1. The van der Waals surface area contributed by atoms with E-state index in [4.69, 9.17) is 5.73 Å². The fraction of sp³-hybridized carbons (Fsp3) is 1.00. The van der Waals surface area contributed by atoms with Crippen LogP contribution in [0.5, 0.6) is 0 Å². The van der Waals surface area contributed by atoms with Gasteiger partial charge in [-0.15, -0.1) is 0 Å². The molecule has 18 heavy (non-hydrogen) atoms. The van der Waals surface area contributed by atoms with Gasteiger partial charge in [-0.1, -0.05) is 27.2 Å². The van der Waals surface area contributed by atoms with E-state index in [9.17, 15) is 0 Å². The van der Waals surface area contributed by atoms with Crippen molar-refractivity contribution in [2.45, 2.75) is 77.8 Å². The first-order chi connectivity index (χ1) is 8.38. The van der Waals surface area contributed by atoms with Crippen molar-refractivity contribution in [3.63, 3.8) is 0 Å². The average molecular weight is 252 g/mol. The molecular weight excluding hydrogens is 220 g/mol. The summed E-state index contributed by atoms with van der Waals surface area (Å²) in [5.41, 5.74) is 7.01. The average Bonchev–Trinajstić information content (AvgIpc) is 2.31. The number of likely N-dealkylation sites (tertiary alicyclic amines) is 1. The van der Waals surface area contributed by atoms with Crippen LogP contribution in [0.4, 0.5) is 0 Å². The first-order valence-corrected chi connectivity index (χ1v) is 7.85. The van der Waals surface area contributed by atoms with Gasteiger partial charge in [-0.3, -0.25) is 4.90 Å². The van der Waals surface area contributed by atoms with Crippen molar-refractivity contribution < 1.29 is 0 Å². The molecule has 2 nitrogen and oxygen atoms in total. The Bertz CT molecular complexity index is 287. The Labute approximate surface area is 113 Å². The Morgan fingerprint density at radius 3 is 2.50 bits per heavy atom. The highest BCUT2D eigenvalue weighted by Crippen LogP contribution is 2.45. The quantitative estimate of drug-likeness (QED) is 0.816. The molecular formula is C16H32N2. The fourth-order valence-corrected chi connectivity index (χ4v) is 4.45. The lowest BCUT2D eigenvalue weighted by Crippen LogP contribution is -2.62. The second kappa shape index (κ2) is 5.13. The highest BCUT2D eigenvalue weighted by atomic mass is 15.2. The summed E-state index contributed by atoms with van der Waals surface area (Å²) in [7, 11) is 0. The topological polar surface area (TPSA) is 29.3 Å². The van der Waals surface area contributed by atoms with Gasteiger partial charge in [0.1, 0.15) is 0 Å². The molecule has 0 bridgehead atoms. The van der Waals surface area contributed by atoms with Crippen LogP contribution >= 0.6 is 0 Å². The highest BCUT2D eigenvalue weighted by Gasteiger charge is 2.45. The molecule has 2 heteroatoms. The zero-order valence-electron chi connectivity index (χ0n) is 12.8. The summed E-state index contributed by atoms with van der Waals surface area (Å²) in [4.78, 5) is 2.78. The maximum atomic E-state index is 6.26. The lowest BCUT2D eigenvalue weighted by atomic mass is 9.66. The van der Waals surface area contributed by atoms with Crippen molar-refractivity contribution in [2.75, 3.05) is 13.1 Å². The number of hydrogen-bond acceptors (Lipinski definition) is 2. The van der Waals surface area contributed by atoms with Crippen LogP contribution in [-0.2, 0) is 0 Å². The van der Waals surface area contributed by atoms with Gasteiger partial charge in [-0.25, -0.2) is 0 Å². The minimum Gasteiger partial charge on any atom is -0.329 e. The largest absolute Gasteiger partial charge is 0.329 e. The van der Waals surface area contributed by atoms with Crippen molar-refractivity contribution in [2.24, 2.45) is 17.1 Å². The molecule has 0 amide bonds. The predicted octanol–water partition coefficient (Wildman–Crippen LogP) is 3.40. The Morgan fingerprint density at radius 1 is 1.17 bits per heavy atom. The fourth-order valence-electron chi connectivity index (χ4n) is 4.45. The zero-order valence-corrected chi connectivity index (χ0v) is 12.8. The highest BCUT2D eigenvalue weighted by molar-refractivity contribution is 5.02. The van der Waals surface area contributed by atoms with Crippen LogP contribution in [0.2, 0.25) is 0 Å². The second-order valence-electron chi connectivity index (χ2n) is 7.81. The summed E-state index contributed by atoms with van der Waals surface area (Å²) in [6, 6.07) is 0.721. The summed E-state index contributed by atoms with van der Waals surface area (Å²) in [6.45, 7) is 11.8. The molecule has 2 N–H and O–H groups in total. The van der Waals surface area contributed by atoms with E-state index in [1.165, 1.54) is 45.1 Å². The molecule has 1 saturated carbocycles. The first-order valence-electron chi connectivity index (χ1n) is 7.85. The standard InChI is InChI=1S/C16H32N2/c1-13-6-7-14(2)18(10-13)16(12-17)9-5-8-15(3,4)11-16/h13-14H,5-12,17H2,1-4H3. The molecule has 0 aromatic carbocycles. The van der Waals surface area contributed by atoms with Gasteiger partial charge >= 0.3 is 0 Å². The van der Waals surface area contributed by atoms with Gasteiger partial charge < -0.3 is 5.73 Å². The molecule has 3 unspecified atom stereocenters. The lowest BCUT2D eigenvalue weighted by molar-refractivity contribution is -0.0412. The molecule has 1 heterocycles. The maximum absolute atomic E-state index is 6.26. The minimum absolute atomic E-state index is 0.288. The van der Waals surface area contributed by atoms with Gasteiger partial charge in [0.2, 0.25) is 0 Å². The summed E-state index contributed by atoms with van der Waals surface area (Å²) < 4.78 is 0. The molecule has 3 atom stereocenters. The number of hydrogen-bond donors (Lipinski definition) is 1. The summed E-state index contributed by atoms with van der Waals surface area (Å²) in [5.74, 6) is 0.842. The number of rotatable bonds is 2. The van der Waals surface area contributed by atoms with E-state index in [-0.39, 0.29) is 5.54 Å². The van der Waals surface area contributed by atoms with E-state index in [0.29, 0.717) is 5.41 Å². The van der Waals surface area contributed by atoms with Crippen LogP contribution in [0.1, 0.15) is 66.2 Å². The molecule has 0 radical (unpaired) electrons. The van der Waals surface area contributed by atoms with E-state index in [1.807, 2.05) is 0 Å². The van der Waals surface area contributed by atoms with E-state index >= 15 is 0 Å². The summed E-state index contributed by atoms with van der Waals surface area (Å²) in [5, 5.41) is 0. The van der Waals surface area contributed by atoms with Crippen molar-refractivity contribution in [3.8, 4) is 0 Å². The predicted molar refractivity (Wildman–Crippen MR) is 78.6 cm³/mol. The first kappa shape index (κ1) is 14.3. The number of nitrogens with zero attached hydrogens (tertiary/aromatic N) is 1. The van der Waals surface area contributed by atoms with Gasteiger partial charge in [0.05, 0.1) is 0 Å². The van der Waals surface area contributed by atoms with Crippen molar-refractivity contribution >= 4 is 0 Å². The summed E-state index contributed by atoms with van der Waals surface area (Å²) >= 11 is 0. The van der Waals surface area contributed by atoms with E-state index in [1.54, 1.807) is 0 Å². The second-order valence-corrected chi connectivity index (χ2v) is 7.81. The smallest absolute Gasteiger partial charge is 0.0339 e. The molecule has 0 spiro atoms. The number of piperidine rings is 1. The normalized spacial score (nSPS) is 41.8. The van der Waals surface area contributed by atoms with Crippen molar-refractivity contribution in [1.82, 2.24) is 4.90 Å². The third-order valence-corrected chi connectivity index (χ3v) is 5.41. The summed E-state index contributed by atoms with van der Waals surface area (Å²) in [6.07, 6.45) is 8.05. The molecule has 1 saturated heterocycles. The van der Waals surface area contributed by atoms with Gasteiger partial charge in [-0.2, -0.15) is 0 Å². The molecule has 1 aliphatic carbocycles. The Balaban J connectivity index is 2.20. The molecule has 1 aliphatic heterocycles. The van der Waals surface area contributed by atoms with Crippen LogP contribution in [0.25, 0.3) is 0 Å². The van der Waals surface area contributed by atoms with Gasteiger partial charge in [0.25, 0.3) is 0 Å². The van der Waals surface area contributed by atoms with Crippen molar-refractivity contribution in [3.05, 3.63) is 0 Å². The SMILES string of the molecule is CC1CCC(C)N(C2(CN)CCCC(C)(C)C2)C1. The molecule has 106 valence electrons. The third-order valence-electron chi connectivity index (χ3n) is 5.41. The van der Waals surface area contributed by atoms with Crippen LogP contribution < -0.4 is 5.73 Å². The van der Waals surface area contributed by atoms with E-state index in [2.05, 4.69) is 32.6 Å². The van der Waals surface area contributed by atoms with Gasteiger partial charge in [-0.05, 0) is 50.4 Å². The Morgan fingerprint density at radius 2 is 1.89 bits per heavy atom. The molecule has 2 rings (SSSR count). The van der Waals surface area contributed by atoms with Crippen molar-refractivity contribution in [1.29, 1.82) is 0 Å². The Kier molecular flexibility index (Phi) is 4.08. The van der Waals surface area contributed by atoms with Crippen LogP contribution in [0, 0.1) is 11.3 Å². The van der Waals surface area contributed by atoms with E-state index < -0.39 is 0 Å². The molecule has 0 aromatic heterocycles. The lowest BCUT2D eigenvalue weighted by Gasteiger charge is -2.55. The third kappa shape index (κ3) is 2.75. The Hall–Kier alpha value is -0.0800. The minimum atomic E-state index is 0.288. The van der Waals surface area contributed by atoms with Crippen LogP contribution in [0.3, 0.4) is 0 Å². The van der Waals surface area contributed by atoms with Gasteiger partial charge in [0, 0.05) is 24.7 Å². The van der Waals surface area contributed by atoms with Crippen LogP contribution in [0.15, 0.2) is 0 Å². The van der Waals surface area contributed by atoms with Crippen LogP contribution in [-0.4, -0.2) is 29.6 Å².